The standard InChI is InChI=1S/C14H26Cl2Si/c1-3-5-7-9-11-13-17(15,16)14-12-10-8-6-4-2/h3-4H,1-2,5-14H2. The summed E-state index contributed by atoms with van der Waals surface area (Å²) in [5.74, 6) is 0. The van der Waals surface area contributed by atoms with E-state index < -0.39 is 6.69 Å². The van der Waals surface area contributed by atoms with E-state index in [0.717, 1.165) is 24.9 Å². The SMILES string of the molecule is C=CCCCCC[Si](Cl)(Cl)CCCCCC=C. The highest BCUT2D eigenvalue weighted by Crippen LogP contribution is 2.30. The Labute approximate surface area is 118 Å². The molecule has 0 saturated heterocycles. The first-order chi connectivity index (χ1) is 8.12. The van der Waals surface area contributed by atoms with Crippen LogP contribution < -0.4 is 0 Å². The maximum absolute atomic E-state index is 6.43. The van der Waals surface area contributed by atoms with Crippen LogP contribution in [0.15, 0.2) is 25.3 Å². The molecule has 0 nitrogen and oxygen atoms in total. The zero-order chi connectivity index (χ0) is 13.0. The molecule has 0 heterocycles. The van der Waals surface area contributed by atoms with E-state index in [-0.39, 0.29) is 0 Å². The molecule has 0 aliphatic heterocycles. The fourth-order valence-corrected chi connectivity index (χ4v) is 5.21. The van der Waals surface area contributed by atoms with Crippen molar-refractivity contribution in [3.63, 3.8) is 0 Å². The van der Waals surface area contributed by atoms with Crippen LogP contribution in [-0.4, -0.2) is 6.69 Å². The first-order valence-corrected chi connectivity index (χ1v) is 11.2. The van der Waals surface area contributed by atoms with Gasteiger partial charge in [-0.25, -0.2) is 0 Å². The quantitative estimate of drug-likeness (QED) is 0.169. The lowest BCUT2D eigenvalue weighted by molar-refractivity contribution is 0.711. The number of allylic oxidation sites excluding steroid dienone is 2. The van der Waals surface area contributed by atoms with Crippen molar-refractivity contribution in [2.45, 2.75) is 63.5 Å². The predicted octanol–water partition coefficient (Wildman–Crippen LogP) is 6.40. The summed E-state index contributed by atoms with van der Waals surface area (Å²) in [6.45, 7) is 5.51. The second-order valence-electron chi connectivity index (χ2n) is 4.63. The zero-order valence-corrected chi connectivity index (χ0v) is 13.4. The van der Waals surface area contributed by atoms with E-state index in [9.17, 15) is 0 Å². The molecule has 0 spiro atoms. The number of rotatable bonds is 12. The van der Waals surface area contributed by atoms with E-state index in [0.29, 0.717) is 0 Å². The normalized spacial score (nSPS) is 11.4. The fraction of sp³-hybridized carbons (Fsp3) is 0.714. The molecule has 0 radical (unpaired) electrons. The fourth-order valence-electron chi connectivity index (χ4n) is 1.82. The molecule has 17 heavy (non-hydrogen) atoms. The molecule has 0 aromatic rings. The molecule has 0 bridgehead atoms. The van der Waals surface area contributed by atoms with Gasteiger partial charge in [0.1, 0.15) is 0 Å². The van der Waals surface area contributed by atoms with Gasteiger partial charge in [-0.15, -0.1) is 35.3 Å². The van der Waals surface area contributed by atoms with E-state index in [1.54, 1.807) is 0 Å². The van der Waals surface area contributed by atoms with Crippen molar-refractivity contribution in [3.05, 3.63) is 25.3 Å². The number of unbranched alkanes of at least 4 members (excludes halogenated alkanes) is 6. The van der Waals surface area contributed by atoms with Gasteiger partial charge in [0.15, 0.2) is 0 Å². The van der Waals surface area contributed by atoms with Crippen LogP contribution in [0.1, 0.15) is 51.4 Å². The van der Waals surface area contributed by atoms with E-state index in [4.69, 9.17) is 22.2 Å². The maximum Gasteiger partial charge on any atom is 0.251 e. The second-order valence-corrected chi connectivity index (χ2v) is 12.3. The highest BCUT2D eigenvalue weighted by Gasteiger charge is 2.26. The molecule has 100 valence electrons. The summed E-state index contributed by atoms with van der Waals surface area (Å²) in [4.78, 5) is 0. The summed E-state index contributed by atoms with van der Waals surface area (Å²) >= 11 is 12.9. The van der Waals surface area contributed by atoms with Gasteiger partial charge in [-0.2, -0.15) is 0 Å². The van der Waals surface area contributed by atoms with Gasteiger partial charge in [-0.1, -0.05) is 37.8 Å². The van der Waals surface area contributed by atoms with Gasteiger partial charge in [-0.05, 0) is 37.8 Å². The largest absolute Gasteiger partial charge is 0.251 e. The van der Waals surface area contributed by atoms with E-state index >= 15 is 0 Å². The Morgan fingerprint density at radius 1 is 0.706 bits per heavy atom. The van der Waals surface area contributed by atoms with Crippen molar-refractivity contribution in [1.29, 1.82) is 0 Å². The lowest BCUT2D eigenvalue weighted by Crippen LogP contribution is -2.18. The minimum absolute atomic E-state index is 1.05. The molecule has 0 aliphatic rings. The lowest BCUT2D eigenvalue weighted by atomic mass is 10.2. The molecular weight excluding hydrogens is 267 g/mol. The van der Waals surface area contributed by atoms with Crippen molar-refractivity contribution in [1.82, 2.24) is 0 Å². The highest BCUT2D eigenvalue weighted by molar-refractivity contribution is 7.45. The van der Waals surface area contributed by atoms with Gasteiger partial charge >= 0.3 is 0 Å². The first-order valence-electron chi connectivity index (χ1n) is 6.72. The molecular formula is C14H26Cl2Si. The summed E-state index contributed by atoms with van der Waals surface area (Å²) in [5, 5.41) is 0. The van der Waals surface area contributed by atoms with Crippen molar-refractivity contribution in [3.8, 4) is 0 Å². The Morgan fingerprint density at radius 3 is 1.47 bits per heavy atom. The zero-order valence-electron chi connectivity index (χ0n) is 10.9. The van der Waals surface area contributed by atoms with Crippen LogP contribution in [0.2, 0.25) is 12.1 Å². The van der Waals surface area contributed by atoms with Crippen LogP contribution in [0.4, 0.5) is 0 Å². The predicted molar refractivity (Wildman–Crippen MR) is 84.4 cm³/mol. The van der Waals surface area contributed by atoms with Crippen molar-refractivity contribution in [2.75, 3.05) is 0 Å². The molecule has 0 N–H and O–H groups in total. The summed E-state index contributed by atoms with van der Waals surface area (Å²) in [6.07, 6.45) is 13.5. The van der Waals surface area contributed by atoms with E-state index in [1.165, 1.54) is 38.5 Å². The Morgan fingerprint density at radius 2 is 1.12 bits per heavy atom. The molecule has 0 aliphatic carbocycles. The minimum Gasteiger partial charge on any atom is -0.146 e. The Bertz CT molecular complexity index is 182. The number of halogens is 2. The van der Waals surface area contributed by atoms with Gasteiger partial charge in [-0.3, -0.25) is 0 Å². The molecule has 0 amide bonds. The lowest BCUT2D eigenvalue weighted by Gasteiger charge is -2.16. The van der Waals surface area contributed by atoms with Gasteiger partial charge in [0.2, 0.25) is 0 Å². The third-order valence-electron chi connectivity index (χ3n) is 2.90. The van der Waals surface area contributed by atoms with Gasteiger partial charge in [0.05, 0.1) is 0 Å². The minimum atomic E-state index is -1.93. The summed E-state index contributed by atoms with van der Waals surface area (Å²) in [5.41, 5.74) is 0. The molecule has 0 aromatic carbocycles. The third-order valence-corrected chi connectivity index (χ3v) is 7.34. The monoisotopic (exact) mass is 292 g/mol. The van der Waals surface area contributed by atoms with Crippen LogP contribution in [0.25, 0.3) is 0 Å². The van der Waals surface area contributed by atoms with Gasteiger partial charge in [0.25, 0.3) is 6.69 Å². The number of hydrogen-bond acceptors (Lipinski definition) is 0. The average molecular weight is 293 g/mol. The van der Waals surface area contributed by atoms with Crippen LogP contribution >= 0.6 is 22.2 Å². The number of hydrogen-bond donors (Lipinski definition) is 0. The van der Waals surface area contributed by atoms with Crippen LogP contribution in [-0.2, 0) is 0 Å². The molecule has 0 saturated carbocycles. The maximum atomic E-state index is 6.43. The Balaban J connectivity index is 3.44. The molecule has 0 rings (SSSR count). The van der Waals surface area contributed by atoms with Crippen LogP contribution in [0, 0.1) is 0 Å². The first kappa shape index (κ1) is 17.3. The van der Waals surface area contributed by atoms with E-state index in [2.05, 4.69) is 13.2 Å². The molecule has 3 heteroatoms. The molecule has 0 unspecified atom stereocenters. The third kappa shape index (κ3) is 12.5. The summed E-state index contributed by atoms with van der Waals surface area (Å²) < 4.78 is 0. The molecule has 0 fully saturated rings. The second kappa shape index (κ2) is 11.4. The van der Waals surface area contributed by atoms with Crippen LogP contribution in [0.5, 0.6) is 0 Å². The summed E-state index contributed by atoms with van der Waals surface area (Å²) in [6, 6.07) is 2.10. The summed E-state index contributed by atoms with van der Waals surface area (Å²) in [7, 11) is 0. The van der Waals surface area contributed by atoms with Crippen LogP contribution in [0.3, 0.4) is 0 Å². The molecule has 0 atom stereocenters. The Hall–Kier alpha value is 0.277. The van der Waals surface area contributed by atoms with E-state index in [1.807, 2.05) is 12.2 Å². The smallest absolute Gasteiger partial charge is 0.146 e. The van der Waals surface area contributed by atoms with Crippen molar-refractivity contribution < 1.29 is 0 Å². The topological polar surface area (TPSA) is 0 Å². The van der Waals surface area contributed by atoms with Gasteiger partial charge < -0.3 is 0 Å². The Kier molecular flexibility index (Phi) is 11.6. The molecule has 0 aromatic heterocycles. The van der Waals surface area contributed by atoms with Crippen molar-refractivity contribution >= 4 is 28.9 Å². The van der Waals surface area contributed by atoms with Crippen molar-refractivity contribution in [2.24, 2.45) is 0 Å². The average Bonchev–Trinajstić information content (AvgIpc) is 2.28. The highest BCUT2D eigenvalue weighted by atomic mass is 35.7. The van der Waals surface area contributed by atoms with Gasteiger partial charge in [0, 0.05) is 0 Å².